The number of likely N-dealkylation sites (tertiary alicyclic amines) is 2. The minimum absolute atomic E-state index is 0.0277. The first-order valence-corrected chi connectivity index (χ1v) is 8.49. The Labute approximate surface area is 129 Å². The lowest BCUT2D eigenvalue weighted by Crippen LogP contribution is -2.51. The van der Waals surface area contributed by atoms with Gasteiger partial charge in [-0.05, 0) is 32.1 Å². The van der Waals surface area contributed by atoms with Gasteiger partial charge in [0.05, 0.1) is 5.75 Å². The van der Waals surface area contributed by atoms with Crippen molar-refractivity contribution in [2.24, 2.45) is 5.73 Å². The van der Waals surface area contributed by atoms with Gasteiger partial charge in [-0.25, -0.2) is 0 Å². The second kappa shape index (κ2) is 7.26. The first-order chi connectivity index (χ1) is 9.59. The molecule has 0 spiro atoms. The van der Waals surface area contributed by atoms with Crippen molar-refractivity contribution in [2.45, 2.75) is 38.1 Å². The zero-order valence-electron chi connectivity index (χ0n) is 11.5. The van der Waals surface area contributed by atoms with E-state index < -0.39 is 11.9 Å². The van der Waals surface area contributed by atoms with Crippen molar-refractivity contribution in [2.75, 3.05) is 25.4 Å². The number of nitrogens with zero attached hydrogens (tertiary/aromatic N) is 2. The Morgan fingerprint density at radius 3 is 2.45 bits per heavy atom. The van der Waals surface area contributed by atoms with E-state index in [4.69, 9.17) is 18.0 Å². The second-order valence-electron chi connectivity index (χ2n) is 5.25. The van der Waals surface area contributed by atoms with Crippen LogP contribution in [0.1, 0.15) is 32.1 Å². The van der Waals surface area contributed by atoms with Gasteiger partial charge in [0.25, 0.3) is 0 Å². The summed E-state index contributed by atoms with van der Waals surface area (Å²) < 4.78 is 0.795. The highest BCUT2D eigenvalue weighted by atomic mass is 32.2. The molecule has 2 aliphatic rings. The number of nitrogens with two attached hydrogens (primary N) is 1. The smallest absolute Gasteiger partial charge is 0.240 e. The van der Waals surface area contributed by atoms with Gasteiger partial charge in [0.2, 0.25) is 11.8 Å². The largest absolute Gasteiger partial charge is 0.368 e. The first-order valence-electron chi connectivity index (χ1n) is 7.10. The highest BCUT2D eigenvalue weighted by Crippen LogP contribution is 2.20. The van der Waals surface area contributed by atoms with Crippen LogP contribution in [0.15, 0.2) is 0 Å². The number of rotatable bonds is 3. The van der Waals surface area contributed by atoms with Crippen molar-refractivity contribution < 1.29 is 9.59 Å². The summed E-state index contributed by atoms with van der Waals surface area (Å²) in [5, 5.41) is 0. The van der Waals surface area contributed by atoms with Crippen molar-refractivity contribution in [3.05, 3.63) is 0 Å². The predicted octanol–water partition coefficient (Wildman–Crippen LogP) is 0.967. The van der Waals surface area contributed by atoms with E-state index in [1.54, 1.807) is 4.90 Å². The zero-order valence-corrected chi connectivity index (χ0v) is 13.2. The van der Waals surface area contributed by atoms with Crippen molar-refractivity contribution in [1.82, 2.24) is 9.80 Å². The van der Waals surface area contributed by atoms with Gasteiger partial charge in [-0.15, -0.1) is 0 Å². The Balaban J connectivity index is 1.83. The van der Waals surface area contributed by atoms with Gasteiger partial charge in [0.1, 0.15) is 10.4 Å². The average molecular weight is 315 g/mol. The molecule has 2 amide bonds. The van der Waals surface area contributed by atoms with Crippen LogP contribution in [0.2, 0.25) is 0 Å². The van der Waals surface area contributed by atoms with E-state index in [9.17, 15) is 9.59 Å². The minimum atomic E-state index is -0.433. The number of amides is 2. The maximum atomic E-state index is 12.3. The van der Waals surface area contributed by atoms with Crippen LogP contribution in [0.5, 0.6) is 0 Å². The zero-order chi connectivity index (χ0) is 14.5. The predicted molar refractivity (Wildman–Crippen MR) is 84.4 cm³/mol. The molecule has 0 aromatic rings. The van der Waals surface area contributed by atoms with E-state index in [1.165, 1.54) is 24.6 Å². The van der Waals surface area contributed by atoms with E-state index in [2.05, 4.69) is 4.90 Å². The van der Waals surface area contributed by atoms with Crippen LogP contribution in [-0.2, 0) is 9.59 Å². The summed E-state index contributed by atoms with van der Waals surface area (Å²) in [5.74, 6) is -0.121. The standard InChI is InChI=1S/C13H21N3O2S2/c14-12(18)10-5-1-2-8-16(10)11(17)9-20-13(19)15-6-3-4-7-15/h10H,1-9H2,(H2,14,18)/t10-/m0/s1. The fraction of sp³-hybridized carbons (Fsp3) is 0.769. The highest BCUT2D eigenvalue weighted by molar-refractivity contribution is 8.23. The van der Waals surface area contributed by atoms with E-state index in [1.807, 2.05) is 0 Å². The molecule has 0 saturated carbocycles. The molecule has 2 fully saturated rings. The quantitative estimate of drug-likeness (QED) is 0.786. The summed E-state index contributed by atoms with van der Waals surface area (Å²) in [5.41, 5.74) is 5.38. The molecule has 20 heavy (non-hydrogen) atoms. The van der Waals surface area contributed by atoms with Crippen molar-refractivity contribution in [1.29, 1.82) is 0 Å². The van der Waals surface area contributed by atoms with Crippen molar-refractivity contribution in [3.8, 4) is 0 Å². The molecule has 5 nitrogen and oxygen atoms in total. The van der Waals surface area contributed by atoms with Gasteiger partial charge in [0.15, 0.2) is 0 Å². The molecule has 0 bridgehead atoms. The molecule has 0 aromatic carbocycles. The molecule has 0 radical (unpaired) electrons. The third-order valence-electron chi connectivity index (χ3n) is 3.83. The molecule has 0 aromatic heterocycles. The van der Waals surface area contributed by atoms with Crippen LogP contribution < -0.4 is 5.73 Å². The van der Waals surface area contributed by atoms with Crippen LogP contribution in [0, 0.1) is 0 Å². The topological polar surface area (TPSA) is 66.6 Å². The average Bonchev–Trinajstić information content (AvgIpc) is 2.98. The van der Waals surface area contributed by atoms with Crippen molar-refractivity contribution >= 4 is 40.1 Å². The maximum Gasteiger partial charge on any atom is 0.240 e. The van der Waals surface area contributed by atoms with Gasteiger partial charge < -0.3 is 15.5 Å². The molecule has 112 valence electrons. The Kier molecular flexibility index (Phi) is 5.65. The number of hydrogen-bond acceptors (Lipinski definition) is 4. The lowest BCUT2D eigenvalue weighted by Gasteiger charge is -2.33. The minimum Gasteiger partial charge on any atom is -0.368 e. The highest BCUT2D eigenvalue weighted by Gasteiger charge is 2.30. The molecule has 1 atom stereocenters. The fourth-order valence-corrected chi connectivity index (χ4v) is 3.86. The van der Waals surface area contributed by atoms with Crippen molar-refractivity contribution in [3.63, 3.8) is 0 Å². The molecule has 0 aliphatic carbocycles. The van der Waals surface area contributed by atoms with E-state index in [0.717, 1.165) is 30.3 Å². The third-order valence-corrected chi connectivity index (χ3v) is 5.34. The Bertz CT molecular complexity index is 397. The number of piperidine rings is 1. The first kappa shape index (κ1) is 15.6. The lowest BCUT2D eigenvalue weighted by atomic mass is 10.0. The van der Waals surface area contributed by atoms with Crippen LogP contribution in [-0.4, -0.2) is 57.4 Å². The Morgan fingerprint density at radius 2 is 1.80 bits per heavy atom. The number of carbonyl (C=O) groups excluding carboxylic acids is 2. The molecule has 2 saturated heterocycles. The summed E-state index contributed by atoms with van der Waals surface area (Å²) >= 11 is 6.74. The Morgan fingerprint density at radius 1 is 1.15 bits per heavy atom. The van der Waals surface area contributed by atoms with Crippen LogP contribution in [0.3, 0.4) is 0 Å². The van der Waals surface area contributed by atoms with Crippen LogP contribution >= 0.6 is 24.0 Å². The summed E-state index contributed by atoms with van der Waals surface area (Å²) in [6.45, 7) is 2.62. The molecular formula is C13H21N3O2S2. The van der Waals surface area contributed by atoms with Gasteiger partial charge in [-0.2, -0.15) is 0 Å². The fourth-order valence-electron chi connectivity index (χ4n) is 2.72. The number of carbonyl (C=O) groups is 2. The molecular weight excluding hydrogens is 294 g/mol. The summed E-state index contributed by atoms with van der Waals surface area (Å²) in [4.78, 5) is 27.4. The molecule has 2 aliphatic heterocycles. The molecule has 2 N–H and O–H groups in total. The monoisotopic (exact) mass is 315 g/mol. The van der Waals surface area contributed by atoms with E-state index >= 15 is 0 Å². The van der Waals surface area contributed by atoms with E-state index in [0.29, 0.717) is 18.7 Å². The number of primary amides is 1. The van der Waals surface area contributed by atoms with E-state index in [-0.39, 0.29) is 5.91 Å². The summed E-state index contributed by atoms with van der Waals surface area (Å²) in [6, 6.07) is -0.433. The lowest BCUT2D eigenvalue weighted by molar-refractivity contribution is -0.138. The van der Waals surface area contributed by atoms with Crippen LogP contribution in [0.25, 0.3) is 0 Å². The van der Waals surface area contributed by atoms with Gasteiger partial charge in [-0.1, -0.05) is 24.0 Å². The second-order valence-corrected chi connectivity index (χ2v) is 6.86. The van der Waals surface area contributed by atoms with Gasteiger partial charge in [-0.3, -0.25) is 9.59 Å². The van der Waals surface area contributed by atoms with Gasteiger partial charge in [0, 0.05) is 19.6 Å². The number of hydrogen-bond donors (Lipinski definition) is 1. The molecule has 2 rings (SSSR count). The normalized spacial score (nSPS) is 22.9. The summed E-state index contributed by atoms with van der Waals surface area (Å²) in [6.07, 6.45) is 4.92. The number of thioether (sulfide) groups is 1. The molecule has 7 heteroatoms. The number of thiocarbonyl (C=S) groups is 1. The van der Waals surface area contributed by atoms with Crippen LogP contribution in [0.4, 0.5) is 0 Å². The maximum absolute atomic E-state index is 12.3. The third kappa shape index (κ3) is 3.85. The Hall–Kier alpha value is -0.820. The van der Waals surface area contributed by atoms with Gasteiger partial charge >= 0.3 is 0 Å². The summed E-state index contributed by atoms with van der Waals surface area (Å²) in [7, 11) is 0. The SMILES string of the molecule is NC(=O)[C@@H]1CCCCN1C(=O)CSC(=S)N1CCCC1. The molecule has 0 unspecified atom stereocenters. The molecule has 2 heterocycles.